The molecule has 28 heavy (non-hydrogen) atoms. The molecule has 1 aliphatic heterocycles. The highest BCUT2D eigenvalue weighted by Crippen LogP contribution is 2.53. The monoisotopic (exact) mass is 445 g/mol. The van der Waals surface area contributed by atoms with Crippen molar-refractivity contribution in [3.63, 3.8) is 0 Å². The van der Waals surface area contributed by atoms with Gasteiger partial charge in [0.25, 0.3) is 5.56 Å². The Morgan fingerprint density at radius 3 is 2.39 bits per heavy atom. The van der Waals surface area contributed by atoms with Gasteiger partial charge in [-0.2, -0.15) is 9.29 Å². The van der Waals surface area contributed by atoms with Crippen LogP contribution in [0.2, 0.25) is 0 Å². The highest BCUT2D eigenvalue weighted by molar-refractivity contribution is 7.60. The van der Waals surface area contributed by atoms with Crippen LogP contribution in [0.25, 0.3) is 11.2 Å². The number of hydrogen-bond donors (Lipinski definition) is 8. The minimum atomic E-state index is -5.05. The van der Waals surface area contributed by atoms with Crippen LogP contribution in [0.5, 0.6) is 0 Å². The molecule has 0 aromatic carbocycles. The molecular weight excluding hydrogens is 428 g/mol. The van der Waals surface area contributed by atoms with Gasteiger partial charge in [0.15, 0.2) is 11.2 Å². The molecule has 3 atom stereocenters. The van der Waals surface area contributed by atoms with Crippen molar-refractivity contribution in [2.24, 2.45) is 0 Å². The van der Waals surface area contributed by atoms with Gasteiger partial charge >= 0.3 is 15.6 Å². The molecule has 18 heteroatoms. The van der Waals surface area contributed by atoms with Crippen LogP contribution in [-0.2, 0) is 18.2 Å². The second kappa shape index (κ2) is 8.34. The number of aliphatic hydroxyl groups is 2. The molecule has 0 aliphatic carbocycles. The van der Waals surface area contributed by atoms with E-state index in [1.165, 1.54) is 10.9 Å². The first-order chi connectivity index (χ1) is 12.8. The number of H-pyrrole nitrogens is 1. The summed E-state index contributed by atoms with van der Waals surface area (Å²) in [6.45, 7) is -0.277. The smallest absolute Gasteiger partial charge is 0.394 e. The van der Waals surface area contributed by atoms with Crippen LogP contribution in [0.1, 0.15) is 12.6 Å². The van der Waals surface area contributed by atoms with Gasteiger partial charge in [0.05, 0.1) is 19.0 Å². The number of anilines is 1. The number of aromatic nitrogens is 4. The average Bonchev–Trinajstić information content (AvgIpc) is 3.07. The summed E-state index contributed by atoms with van der Waals surface area (Å²) in [5.74, 6) is -0.0171. The molecule has 0 bridgehead atoms. The maximum atomic E-state index is 11.6. The quantitative estimate of drug-likeness (QED) is 0.227. The molecule has 2 aromatic rings. The predicted molar refractivity (Wildman–Crippen MR) is 89.4 cm³/mol. The van der Waals surface area contributed by atoms with Gasteiger partial charge in [0, 0.05) is 6.42 Å². The van der Waals surface area contributed by atoms with E-state index >= 15 is 0 Å². The Morgan fingerprint density at radius 2 is 1.93 bits per heavy atom. The number of imidazole rings is 1. The molecular formula is C10H17N5O11P2. The SMILES string of the molecule is Nc1nc2c(ncn2C2C[C@H](O)[C@@H](CO)O2)c(=O)[nH]1.O=P(O)(O)OP(=O)(O)O. The molecule has 1 unspecified atom stereocenters. The Bertz CT molecular complexity index is 960. The Kier molecular flexibility index (Phi) is 6.73. The number of rotatable bonds is 4. The number of aromatic amines is 1. The van der Waals surface area contributed by atoms with Crippen molar-refractivity contribution < 1.29 is 48.0 Å². The van der Waals surface area contributed by atoms with E-state index in [0.717, 1.165) is 0 Å². The van der Waals surface area contributed by atoms with Crippen molar-refractivity contribution in [3.8, 4) is 0 Å². The lowest BCUT2D eigenvalue weighted by molar-refractivity contribution is -0.0432. The lowest BCUT2D eigenvalue weighted by Gasteiger charge is -2.13. The van der Waals surface area contributed by atoms with Gasteiger partial charge in [-0.25, -0.2) is 14.1 Å². The topological polar surface area (TPSA) is 264 Å². The number of nitrogens with two attached hydrogens (primary N) is 1. The van der Waals surface area contributed by atoms with E-state index in [-0.39, 0.29) is 30.1 Å². The highest BCUT2D eigenvalue weighted by Gasteiger charge is 2.35. The first-order valence-corrected chi connectivity index (χ1v) is 10.4. The maximum Gasteiger partial charge on any atom is 0.478 e. The molecule has 0 saturated carbocycles. The highest BCUT2D eigenvalue weighted by atomic mass is 31.3. The third-order valence-electron chi connectivity index (χ3n) is 3.36. The van der Waals surface area contributed by atoms with Gasteiger partial charge in [-0.15, -0.1) is 0 Å². The Balaban J connectivity index is 0.000000266. The fraction of sp³-hybridized carbons (Fsp3) is 0.500. The van der Waals surface area contributed by atoms with E-state index < -0.39 is 39.6 Å². The van der Waals surface area contributed by atoms with E-state index in [0.29, 0.717) is 0 Å². The third kappa shape index (κ3) is 5.89. The fourth-order valence-corrected chi connectivity index (χ4v) is 3.45. The summed E-state index contributed by atoms with van der Waals surface area (Å²) < 4.78 is 29.2. The van der Waals surface area contributed by atoms with Crippen molar-refractivity contribution in [1.82, 2.24) is 19.5 Å². The van der Waals surface area contributed by atoms with Crippen LogP contribution in [0, 0.1) is 0 Å². The van der Waals surface area contributed by atoms with Gasteiger partial charge in [0.1, 0.15) is 12.3 Å². The molecule has 1 aliphatic rings. The molecule has 158 valence electrons. The predicted octanol–water partition coefficient (Wildman–Crippen LogP) is -2.47. The molecule has 1 saturated heterocycles. The molecule has 9 N–H and O–H groups in total. The molecule has 16 nitrogen and oxygen atoms in total. The summed E-state index contributed by atoms with van der Waals surface area (Å²) in [5.41, 5.74) is 5.50. The van der Waals surface area contributed by atoms with Crippen molar-refractivity contribution >= 4 is 32.8 Å². The first-order valence-electron chi connectivity index (χ1n) is 7.30. The second-order valence-corrected chi connectivity index (χ2v) is 8.07. The standard InChI is InChI=1S/C10H13N5O4.H4O7P2/c11-10-13-8-7(9(18)14-10)12-3-15(8)6-1-4(17)5(2-16)19-6;1-8(2,3)7-9(4,5)6/h3-6,16-17H,1-2H2,(H3,11,13,14,18);(H2,1,2,3)(H2,4,5,6)/t4-,5+,6?;/m0./s1. The molecule has 0 amide bonds. The van der Waals surface area contributed by atoms with Crippen LogP contribution in [0.4, 0.5) is 5.95 Å². The zero-order valence-corrected chi connectivity index (χ0v) is 15.6. The first kappa shape index (κ1) is 22.6. The number of hydrogen-bond acceptors (Lipinski definition) is 10. The van der Waals surface area contributed by atoms with Crippen molar-refractivity contribution in [2.75, 3.05) is 12.3 Å². The average molecular weight is 445 g/mol. The Hall–Kier alpha value is -1.71. The summed E-state index contributed by atoms with van der Waals surface area (Å²) in [6, 6.07) is 0. The lowest BCUT2D eigenvalue weighted by Crippen LogP contribution is -2.24. The molecule has 3 heterocycles. The van der Waals surface area contributed by atoms with E-state index in [2.05, 4.69) is 19.3 Å². The van der Waals surface area contributed by atoms with E-state index in [9.17, 15) is 19.0 Å². The molecule has 0 spiro atoms. The number of fused-ring (bicyclic) bond motifs is 1. The van der Waals surface area contributed by atoms with E-state index in [4.69, 9.17) is 35.2 Å². The van der Waals surface area contributed by atoms with Crippen LogP contribution < -0.4 is 11.3 Å². The molecule has 2 aromatic heterocycles. The summed E-state index contributed by atoms with van der Waals surface area (Å²) in [5, 5.41) is 18.8. The van der Waals surface area contributed by atoms with Crippen LogP contribution in [0.15, 0.2) is 11.1 Å². The zero-order valence-electron chi connectivity index (χ0n) is 13.8. The van der Waals surface area contributed by atoms with Gasteiger partial charge in [-0.05, 0) is 0 Å². The summed E-state index contributed by atoms with van der Waals surface area (Å²) in [7, 11) is -10.1. The second-order valence-electron chi connectivity index (χ2n) is 5.45. The van der Waals surface area contributed by atoms with Crippen molar-refractivity contribution in [2.45, 2.75) is 24.9 Å². The molecule has 1 fully saturated rings. The van der Waals surface area contributed by atoms with E-state index in [1.54, 1.807) is 0 Å². The van der Waals surface area contributed by atoms with Crippen molar-refractivity contribution in [3.05, 3.63) is 16.7 Å². The Morgan fingerprint density at radius 1 is 1.32 bits per heavy atom. The van der Waals surface area contributed by atoms with Gasteiger partial charge < -0.3 is 40.3 Å². The summed E-state index contributed by atoms with van der Waals surface area (Å²) in [6.07, 6.45) is -0.270. The minimum absolute atomic E-state index is 0.0171. The fourth-order valence-electron chi connectivity index (χ4n) is 2.34. The molecule has 3 rings (SSSR count). The zero-order chi connectivity index (χ0) is 21.3. The maximum absolute atomic E-state index is 11.6. The minimum Gasteiger partial charge on any atom is -0.394 e. The normalized spacial score (nSPS) is 22.9. The number of nitrogen functional groups attached to an aromatic ring is 1. The van der Waals surface area contributed by atoms with Crippen LogP contribution in [0.3, 0.4) is 0 Å². The number of phosphoric acid groups is 2. The van der Waals surface area contributed by atoms with Gasteiger partial charge in [-0.1, -0.05) is 0 Å². The Labute approximate surface area is 155 Å². The van der Waals surface area contributed by atoms with Crippen LogP contribution in [-0.4, -0.2) is 68.1 Å². The van der Waals surface area contributed by atoms with Gasteiger partial charge in [0.2, 0.25) is 5.95 Å². The number of ether oxygens (including phenoxy) is 1. The number of nitrogens with one attached hydrogen (secondary N) is 1. The van der Waals surface area contributed by atoms with Crippen LogP contribution >= 0.6 is 15.6 Å². The largest absolute Gasteiger partial charge is 0.478 e. The summed E-state index contributed by atoms with van der Waals surface area (Å²) >= 11 is 0. The summed E-state index contributed by atoms with van der Waals surface area (Å²) in [4.78, 5) is 53.0. The number of nitrogens with zero attached hydrogens (tertiary/aromatic N) is 3. The third-order valence-corrected chi connectivity index (χ3v) is 5.06. The van der Waals surface area contributed by atoms with Gasteiger partial charge in [-0.3, -0.25) is 14.3 Å². The lowest BCUT2D eigenvalue weighted by atomic mass is 10.2. The molecule has 0 radical (unpaired) electrons. The number of aliphatic hydroxyl groups excluding tert-OH is 2. The van der Waals surface area contributed by atoms with Crippen molar-refractivity contribution in [1.29, 1.82) is 0 Å². The van der Waals surface area contributed by atoms with E-state index in [1.807, 2.05) is 0 Å².